The fourth-order valence-electron chi connectivity index (χ4n) is 1.54. The van der Waals surface area contributed by atoms with Gasteiger partial charge in [-0.3, -0.25) is 4.79 Å². The summed E-state index contributed by atoms with van der Waals surface area (Å²) in [5.41, 5.74) is 1.01. The first-order valence-corrected chi connectivity index (χ1v) is 6.69. The predicted molar refractivity (Wildman–Crippen MR) is 75.6 cm³/mol. The van der Waals surface area contributed by atoms with Crippen LogP contribution in [-0.4, -0.2) is 29.8 Å². The summed E-state index contributed by atoms with van der Waals surface area (Å²) in [4.78, 5) is 11.9. The van der Waals surface area contributed by atoms with Crippen molar-refractivity contribution in [3.8, 4) is 5.75 Å². The number of nitrogens with one attached hydrogen (secondary N) is 1. The van der Waals surface area contributed by atoms with Crippen molar-refractivity contribution in [3.63, 3.8) is 0 Å². The van der Waals surface area contributed by atoms with Gasteiger partial charge in [0.05, 0.1) is 17.7 Å². The van der Waals surface area contributed by atoms with Crippen LogP contribution in [0.25, 0.3) is 0 Å². The van der Waals surface area contributed by atoms with Gasteiger partial charge in [0.2, 0.25) is 0 Å². The Bertz CT molecular complexity index is 433. The summed E-state index contributed by atoms with van der Waals surface area (Å²) >= 11 is 6.01. The van der Waals surface area contributed by atoms with E-state index in [1.807, 2.05) is 19.9 Å². The number of amides is 1. The van der Waals surface area contributed by atoms with E-state index < -0.39 is 6.10 Å². The SMILES string of the molecule is CCC(CO)NC(=O)C(C)Oc1cc(C)ccc1Cl. The van der Waals surface area contributed by atoms with Crippen molar-refractivity contribution in [2.24, 2.45) is 0 Å². The fourth-order valence-corrected chi connectivity index (χ4v) is 1.70. The molecule has 0 heterocycles. The molecule has 2 N–H and O–H groups in total. The van der Waals surface area contributed by atoms with Gasteiger partial charge in [-0.1, -0.05) is 24.6 Å². The van der Waals surface area contributed by atoms with Gasteiger partial charge in [0.25, 0.3) is 5.91 Å². The number of carbonyl (C=O) groups excluding carboxylic acids is 1. The standard InChI is InChI=1S/C14H20ClNO3/c1-4-11(8-17)16-14(18)10(3)19-13-7-9(2)5-6-12(13)15/h5-7,10-11,17H,4,8H2,1-3H3,(H,16,18). The monoisotopic (exact) mass is 285 g/mol. The molecule has 4 nitrogen and oxygen atoms in total. The first-order chi connectivity index (χ1) is 8.97. The van der Waals surface area contributed by atoms with Crippen LogP contribution in [0.1, 0.15) is 25.8 Å². The third kappa shape index (κ3) is 4.73. The minimum Gasteiger partial charge on any atom is -0.479 e. The van der Waals surface area contributed by atoms with Crippen molar-refractivity contribution in [2.75, 3.05) is 6.61 Å². The lowest BCUT2D eigenvalue weighted by molar-refractivity contribution is -0.128. The highest BCUT2D eigenvalue weighted by Crippen LogP contribution is 2.26. The zero-order chi connectivity index (χ0) is 14.4. The number of halogens is 1. The molecule has 0 spiro atoms. The second-order valence-electron chi connectivity index (χ2n) is 4.49. The summed E-state index contributed by atoms with van der Waals surface area (Å²) in [6.07, 6.45) is 0.0000674. The van der Waals surface area contributed by atoms with Crippen LogP contribution >= 0.6 is 11.6 Å². The molecule has 5 heteroatoms. The topological polar surface area (TPSA) is 58.6 Å². The molecule has 2 unspecified atom stereocenters. The molecule has 0 aliphatic carbocycles. The number of benzene rings is 1. The van der Waals surface area contributed by atoms with E-state index in [1.54, 1.807) is 19.1 Å². The Morgan fingerprint density at radius 2 is 2.21 bits per heavy atom. The minimum atomic E-state index is -0.667. The second-order valence-corrected chi connectivity index (χ2v) is 4.90. The lowest BCUT2D eigenvalue weighted by Gasteiger charge is -2.19. The molecule has 0 bridgehead atoms. The lowest BCUT2D eigenvalue weighted by Crippen LogP contribution is -2.43. The number of ether oxygens (including phenoxy) is 1. The molecule has 1 aromatic rings. The van der Waals surface area contributed by atoms with Gasteiger partial charge in [-0.05, 0) is 38.0 Å². The van der Waals surface area contributed by atoms with E-state index in [-0.39, 0.29) is 18.6 Å². The van der Waals surface area contributed by atoms with Crippen molar-refractivity contribution in [1.29, 1.82) is 0 Å². The van der Waals surface area contributed by atoms with E-state index in [4.69, 9.17) is 21.4 Å². The van der Waals surface area contributed by atoms with Crippen LogP contribution in [0.3, 0.4) is 0 Å². The Morgan fingerprint density at radius 3 is 2.79 bits per heavy atom. The van der Waals surface area contributed by atoms with Crippen LogP contribution in [0, 0.1) is 6.92 Å². The van der Waals surface area contributed by atoms with E-state index in [0.717, 1.165) is 5.56 Å². The van der Waals surface area contributed by atoms with Crippen LogP contribution in [-0.2, 0) is 4.79 Å². The molecule has 0 fully saturated rings. The van der Waals surface area contributed by atoms with Crippen molar-refractivity contribution in [2.45, 2.75) is 39.3 Å². The maximum Gasteiger partial charge on any atom is 0.261 e. The molecule has 19 heavy (non-hydrogen) atoms. The number of hydrogen-bond donors (Lipinski definition) is 2. The molecule has 0 aromatic heterocycles. The normalized spacial score (nSPS) is 13.7. The highest BCUT2D eigenvalue weighted by Gasteiger charge is 2.18. The zero-order valence-electron chi connectivity index (χ0n) is 11.4. The predicted octanol–water partition coefficient (Wildman–Crippen LogP) is 2.30. The van der Waals surface area contributed by atoms with Gasteiger partial charge in [0, 0.05) is 0 Å². The van der Waals surface area contributed by atoms with Gasteiger partial charge in [-0.15, -0.1) is 0 Å². The molecule has 0 aliphatic rings. The first kappa shape index (κ1) is 15.8. The molecule has 1 aromatic carbocycles. The van der Waals surface area contributed by atoms with E-state index in [9.17, 15) is 4.79 Å². The first-order valence-electron chi connectivity index (χ1n) is 6.32. The quantitative estimate of drug-likeness (QED) is 0.843. The molecular weight excluding hydrogens is 266 g/mol. The van der Waals surface area contributed by atoms with Gasteiger partial charge in [-0.2, -0.15) is 0 Å². The van der Waals surface area contributed by atoms with Gasteiger partial charge >= 0.3 is 0 Å². The summed E-state index contributed by atoms with van der Waals surface area (Å²) in [7, 11) is 0. The van der Waals surface area contributed by atoms with Gasteiger partial charge in [-0.25, -0.2) is 0 Å². The van der Waals surface area contributed by atoms with Gasteiger partial charge < -0.3 is 15.2 Å². The van der Waals surface area contributed by atoms with Crippen molar-refractivity contribution in [1.82, 2.24) is 5.32 Å². The molecular formula is C14H20ClNO3. The average Bonchev–Trinajstić information content (AvgIpc) is 2.39. The molecule has 2 atom stereocenters. The third-order valence-electron chi connectivity index (χ3n) is 2.82. The molecule has 1 amide bonds. The van der Waals surface area contributed by atoms with E-state index in [1.165, 1.54) is 0 Å². The highest BCUT2D eigenvalue weighted by atomic mass is 35.5. The Morgan fingerprint density at radius 1 is 1.53 bits per heavy atom. The van der Waals surface area contributed by atoms with Crippen LogP contribution in [0.2, 0.25) is 5.02 Å². The van der Waals surface area contributed by atoms with Crippen LogP contribution in [0.15, 0.2) is 18.2 Å². The third-order valence-corrected chi connectivity index (χ3v) is 3.13. The van der Waals surface area contributed by atoms with Gasteiger partial charge in [0.15, 0.2) is 6.10 Å². The van der Waals surface area contributed by atoms with Crippen molar-refractivity contribution >= 4 is 17.5 Å². The second kappa shape index (κ2) is 7.36. The largest absolute Gasteiger partial charge is 0.479 e. The maximum atomic E-state index is 11.9. The van der Waals surface area contributed by atoms with Crippen molar-refractivity contribution < 1.29 is 14.6 Å². The Labute approximate surface area is 118 Å². The minimum absolute atomic E-state index is 0.0832. The highest BCUT2D eigenvalue weighted by molar-refractivity contribution is 6.32. The summed E-state index contributed by atoms with van der Waals surface area (Å²) in [6.45, 7) is 5.38. The fraction of sp³-hybridized carbons (Fsp3) is 0.500. The maximum absolute atomic E-state index is 11.9. The Kier molecular flexibility index (Phi) is 6.12. The summed E-state index contributed by atoms with van der Waals surface area (Å²) in [5, 5.41) is 12.2. The number of rotatable bonds is 6. The lowest BCUT2D eigenvalue weighted by atomic mass is 10.2. The van der Waals surface area contributed by atoms with Crippen molar-refractivity contribution in [3.05, 3.63) is 28.8 Å². The molecule has 106 valence electrons. The Balaban J connectivity index is 2.65. The van der Waals surface area contributed by atoms with Crippen LogP contribution < -0.4 is 10.1 Å². The van der Waals surface area contributed by atoms with E-state index in [0.29, 0.717) is 17.2 Å². The van der Waals surface area contributed by atoms with E-state index in [2.05, 4.69) is 5.32 Å². The summed E-state index contributed by atoms with van der Waals surface area (Å²) < 4.78 is 5.55. The van der Waals surface area contributed by atoms with Gasteiger partial charge in [0.1, 0.15) is 5.75 Å². The molecule has 0 saturated carbocycles. The van der Waals surface area contributed by atoms with Crippen LogP contribution in [0.5, 0.6) is 5.75 Å². The number of aryl methyl sites for hydroxylation is 1. The molecule has 0 aliphatic heterocycles. The number of aliphatic hydroxyl groups is 1. The number of hydrogen-bond acceptors (Lipinski definition) is 3. The summed E-state index contributed by atoms with van der Waals surface area (Å²) in [5.74, 6) is 0.222. The smallest absolute Gasteiger partial charge is 0.261 e. The van der Waals surface area contributed by atoms with Crippen LogP contribution in [0.4, 0.5) is 0 Å². The molecule has 1 rings (SSSR count). The summed E-state index contributed by atoms with van der Waals surface area (Å²) in [6, 6.07) is 5.15. The molecule has 0 saturated heterocycles. The number of aliphatic hydroxyl groups excluding tert-OH is 1. The van der Waals surface area contributed by atoms with E-state index >= 15 is 0 Å². The Hall–Kier alpha value is -1.26. The zero-order valence-corrected chi connectivity index (χ0v) is 12.2. The number of carbonyl (C=O) groups is 1. The molecule has 0 radical (unpaired) electrons. The average molecular weight is 286 g/mol.